The Kier molecular flexibility index (Phi) is 3.99. The van der Waals surface area contributed by atoms with E-state index in [0.717, 1.165) is 5.56 Å². The van der Waals surface area contributed by atoms with E-state index >= 15 is 0 Å². The molecule has 6 nitrogen and oxygen atoms in total. The van der Waals surface area contributed by atoms with Gasteiger partial charge in [0.25, 0.3) is 0 Å². The van der Waals surface area contributed by atoms with Gasteiger partial charge in [0.1, 0.15) is 11.5 Å². The normalized spacial score (nSPS) is 11.2. The molecule has 0 atom stereocenters. The summed E-state index contributed by atoms with van der Waals surface area (Å²) in [6.45, 7) is 1.52. The number of furan rings is 1. The molecule has 0 unspecified atom stereocenters. The molecular weight excluding hydrogens is 320 g/mol. The largest absolute Gasteiger partial charge is 0.457 e. The number of hydrogen-bond donors (Lipinski definition) is 0. The van der Waals surface area contributed by atoms with E-state index in [0.29, 0.717) is 16.5 Å². The summed E-state index contributed by atoms with van der Waals surface area (Å²) in [5.74, 6) is 1.29. The Balaban J connectivity index is 1.84. The van der Waals surface area contributed by atoms with Crippen molar-refractivity contribution < 1.29 is 13.9 Å². The quantitative estimate of drug-likeness (QED) is 0.498. The first kappa shape index (κ1) is 15.1. The number of aromatic nitrogens is 1. The molecule has 3 aromatic rings. The van der Waals surface area contributed by atoms with Crippen LogP contribution in [-0.2, 0) is 0 Å². The van der Waals surface area contributed by atoms with Crippen molar-refractivity contribution in [3.05, 3.63) is 68.7 Å². The van der Waals surface area contributed by atoms with Gasteiger partial charge in [0.15, 0.2) is 5.69 Å². The topological polar surface area (TPSA) is 82.3 Å². The van der Waals surface area contributed by atoms with Gasteiger partial charge >= 0.3 is 5.69 Å². The Bertz CT molecular complexity index is 878. The molecule has 0 aliphatic heterocycles. The Morgan fingerprint density at radius 2 is 1.91 bits per heavy atom. The fourth-order valence-corrected chi connectivity index (χ4v) is 2.21. The number of hydrogen-bond acceptors (Lipinski definition) is 5. The zero-order chi connectivity index (χ0) is 16.4. The lowest BCUT2D eigenvalue weighted by Gasteiger charge is -1.96. The molecule has 0 N–H and O–H groups in total. The highest BCUT2D eigenvalue weighted by molar-refractivity contribution is 6.30. The molecule has 0 amide bonds. The Hall–Kier alpha value is -2.86. The van der Waals surface area contributed by atoms with E-state index in [1.807, 2.05) is 18.2 Å². The van der Waals surface area contributed by atoms with Gasteiger partial charge in [-0.3, -0.25) is 10.1 Å². The highest BCUT2D eigenvalue weighted by Crippen LogP contribution is 2.27. The predicted octanol–water partition coefficient (Wildman–Crippen LogP) is 4.98. The summed E-state index contributed by atoms with van der Waals surface area (Å²) in [4.78, 5) is 10.4. The number of nitro groups is 1. The number of halogens is 1. The molecule has 116 valence electrons. The number of benzene rings is 1. The van der Waals surface area contributed by atoms with Gasteiger partial charge in [-0.25, -0.2) is 0 Å². The van der Waals surface area contributed by atoms with Crippen molar-refractivity contribution in [1.82, 2.24) is 5.16 Å². The molecule has 0 spiro atoms. The van der Waals surface area contributed by atoms with E-state index in [2.05, 4.69) is 5.16 Å². The number of rotatable bonds is 4. The van der Waals surface area contributed by atoms with Crippen LogP contribution in [0.5, 0.6) is 0 Å². The summed E-state index contributed by atoms with van der Waals surface area (Å²) in [5.41, 5.74) is 0.970. The maximum absolute atomic E-state index is 11.0. The summed E-state index contributed by atoms with van der Waals surface area (Å²) >= 11 is 5.85. The summed E-state index contributed by atoms with van der Waals surface area (Å²) in [5, 5.41) is 15.2. The lowest BCUT2D eigenvalue weighted by atomic mass is 10.2. The van der Waals surface area contributed by atoms with Crippen LogP contribution < -0.4 is 0 Å². The molecule has 2 heterocycles. The van der Waals surface area contributed by atoms with Crippen LogP contribution in [0.4, 0.5) is 5.69 Å². The molecule has 0 saturated heterocycles. The molecule has 23 heavy (non-hydrogen) atoms. The molecule has 0 aliphatic carbocycles. The van der Waals surface area contributed by atoms with E-state index in [9.17, 15) is 10.1 Å². The minimum atomic E-state index is -0.521. The summed E-state index contributed by atoms with van der Waals surface area (Å²) in [6, 6.07) is 10.8. The third kappa shape index (κ3) is 3.17. The third-order valence-electron chi connectivity index (χ3n) is 3.19. The average Bonchev–Trinajstić information content (AvgIpc) is 3.12. The summed E-state index contributed by atoms with van der Waals surface area (Å²) in [6.07, 6.45) is 3.05. The zero-order valence-electron chi connectivity index (χ0n) is 12.0. The van der Waals surface area contributed by atoms with Crippen LogP contribution in [0.15, 0.2) is 45.3 Å². The lowest BCUT2D eigenvalue weighted by Crippen LogP contribution is -1.89. The first-order valence-corrected chi connectivity index (χ1v) is 7.07. The molecule has 0 aliphatic rings. The zero-order valence-corrected chi connectivity index (χ0v) is 12.8. The Labute approximate surface area is 136 Å². The fourth-order valence-electron chi connectivity index (χ4n) is 2.08. The molecular formula is C16H11ClN2O4. The standard InChI is InChI=1S/C16H11ClN2O4/c1-10-16(19(20)21)15(23-18-10)9-7-13-6-8-14(22-13)11-2-4-12(17)5-3-11/h2-9H,1H3/b9-7-. The molecule has 0 radical (unpaired) electrons. The van der Waals surface area contributed by atoms with Gasteiger partial charge in [-0.15, -0.1) is 0 Å². The van der Waals surface area contributed by atoms with Gasteiger partial charge in [-0.2, -0.15) is 0 Å². The minimum Gasteiger partial charge on any atom is -0.457 e. The van der Waals surface area contributed by atoms with Crippen LogP contribution in [0.1, 0.15) is 17.2 Å². The summed E-state index contributed by atoms with van der Waals surface area (Å²) < 4.78 is 10.6. The van der Waals surface area contributed by atoms with Crippen LogP contribution >= 0.6 is 11.6 Å². The van der Waals surface area contributed by atoms with Crippen molar-refractivity contribution in [2.45, 2.75) is 6.92 Å². The van der Waals surface area contributed by atoms with Gasteiger partial charge < -0.3 is 8.94 Å². The summed E-state index contributed by atoms with van der Waals surface area (Å²) in [7, 11) is 0. The highest BCUT2D eigenvalue weighted by Gasteiger charge is 2.22. The first-order chi connectivity index (χ1) is 11.0. The monoisotopic (exact) mass is 330 g/mol. The van der Waals surface area contributed by atoms with Gasteiger partial charge in [0.05, 0.1) is 4.92 Å². The molecule has 3 rings (SSSR count). The minimum absolute atomic E-state index is 0.0805. The van der Waals surface area contributed by atoms with Crippen LogP contribution in [-0.4, -0.2) is 10.1 Å². The van der Waals surface area contributed by atoms with Crippen molar-refractivity contribution >= 4 is 29.4 Å². The number of nitrogens with zero attached hydrogens (tertiary/aromatic N) is 2. The second-order valence-corrected chi connectivity index (χ2v) is 5.22. The van der Waals surface area contributed by atoms with Gasteiger partial charge in [0.2, 0.25) is 5.76 Å². The van der Waals surface area contributed by atoms with E-state index in [1.54, 1.807) is 24.3 Å². The van der Waals surface area contributed by atoms with Gasteiger partial charge in [-0.05, 0) is 55.5 Å². The van der Waals surface area contributed by atoms with E-state index in [4.69, 9.17) is 20.5 Å². The van der Waals surface area contributed by atoms with Crippen molar-refractivity contribution in [2.24, 2.45) is 0 Å². The predicted molar refractivity (Wildman–Crippen MR) is 86.0 cm³/mol. The SMILES string of the molecule is Cc1noc(/C=C\c2ccc(-c3ccc(Cl)cc3)o2)c1[N+](=O)[O-]. The molecule has 0 saturated carbocycles. The second-order valence-electron chi connectivity index (χ2n) is 4.78. The second kappa shape index (κ2) is 6.10. The number of aryl methyl sites for hydroxylation is 1. The smallest absolute Gasteiger partial charge is 0.338 e. The maximum Gasteiger partial charge on any atom is 0.338 e. The van der Waals surface area contributed by atoms with Crippen LogP contribution in [0.3, 0.4) is 0 Å². The lowest BCUT2D eigenvalue weighted by molar-refractivity contribution is -0.386. The highest BCUT2D eigenvalue weighted by atomic mass is 35.5. The van der Waals surface area contributed by atoms with Crippen molar-refractivity contribution in [3.8, 4) is 11.3 Å². The molecule has 1 aromatic carbocycles. The van der Waals surface area contributed by atoms with Crippen molar-refractivity contribution in [3.63, 3.8) is 0 Å². The molecule has 7 heteroatoms. The fraction of sp³-hybridized carbons (Fsp3) is 0.0625. The van der Waals surface area contributed by atoms with Crippen LogP contribution in [0.25, 0.3) is 23.5 Å². The maximum atomic E-state index is 11.0. The average molecular weight is 331 g/mol. The Morgan fingerprint density at radius 3 is 2.61 bits per heavy atom. The van der Waals surface area contributed by atoms with E-state index < -0.39 is 4.92 Å². The first-order valence-electron chi connectivity index (χ1n) is 6.69. The van der Waals surface area contributed by atoms with Crippen LogP contribution in [0, 0.1) is 17.0 Å². The molecule has 0 bridgehead atoms. The van der Waals surface area contributed by atoms with Gasteiger partial charge in [-0.1, -0.05) is 16.8 Å². The van der Waals surface area contributed by atoms with Crippen molar-refractivity contribution in [1.29, 1.82) is 0 Å². The van der Waals surface area contributed by atoms with E-state index in [1.165, 1.54) is 13.0 Å². The van der Waals surface area contributed by atoms with Gasteiger partial charge in [0, 0.05) is 10.6 Å². The van der Waals surface area contributed by atoms with E-state index in [-0.39, 0.29) is 17.1 Å². The Morgan fingerprint density at radius 1 is 1.17 bits per heavy atom. The third-order valence-corrected chi connectivity index (χ3v) is 3.45. The molecule has 0 fully saturated rings. The molecule has 2 aromatic heterocycles. The van der Waals surface area contributed by atoms with Crippen LogP contribution in [0.2, 0.25) is 5.02 Å². The van der Waals surface area contributed by atoms with Crippen molar-refractivity contribution in [2.75, 3.05) is 0 Å².